The van der Waals surface area contributed by atoms with Crippen molar-refractivity contribution in [3.05, 3.63) is 29.6 Å². The normalized spacial score (nSPS) is 19.9. The Labute approximate surface area is 102 Å². The largest absolute Gasteiger partial charge is 0.351 e. The average Bonchev–Trinajstić information content (AvgIpc) is 2.38. The number of aromatic nitrogens is 1. The maximum absolute atomic E-state index is 11.9. The maximum Gasteiger partial charge on any atom is 0.237 e. The van der Waals surface area contributed by atoms with Crippen molar-refractivity contribution >= 4 is 5.91 Å². The highest BCUT2D eigenvalue weighted by atomic mass is 16.2. The molecule has 1 aliphatic rings. The van der Waals surface area contributed by atoms with Crippen molar-refractivity contribution in [1.29, 1.82) is 0 Å². The van der Waals surface area contributed by atoms with Crippen molar-refractivity contribution in [2.75, 3.05) is 6.54 Å². The molecule has 0 radical (unpaired) electrons. The first kappa shape index (κ1) is 12.0. The number of nitrogens with one attached hydrogen (secondary N) is 2. The molecule has 2 N–H and O–H groups in total. The number of carbonyl (C=O) groups excluding carboxylic acids is 1. The van der Waals surface area contributed by atoms with E-state index in [1.807, 2.05) is 19.2 Å². The van der Waals surface area contributed by atoms with E-state index in [9.17, 15) is 4.79 Å². The van der Waals surface area contributed by atoms with Gasteiger partial charge in [-0.25, -0.2) is 0 Å². The fourth-order valence-electron chi connectivity index (χ4n) is 2.06. The van der Waals surface area contributed by atoms with E-state index in [-0.39, 0.29) is 11.9 Å². The molecule has 92 valence electrons. The van der Waals surface area contributed by atoms with Crippen LogP contribution in [0.4, 0.5) is 0 Å². The zero-order valence-electron chi connectivity index (χ0n) is 10.2. The molecule has 0 bridgehead atoms. The van der Waals surface area contributed by atoms with E-state index in [4.69, 9.17) is 0 Å². The van der Waals surface area contributed by atoms with Crippen LogP contribution in [-0.4, -0.2) is 23.5 Å². The van der Waals surface area contributed by atoms with Gasteiger partial charge in [-0.1, -0.05) is 6.42 Å². The van der Waals surface area contributed by atoms with Gasteiger partial charge in [0, 0.05) is 18.9 Å². The zero-order valence-corrected chi connectivity index (χ0v) is 10.2. The molecule has 0 aromatic carbocycles. The summed E-state index contributed by atoms with van der Waals surface area (Å²) in [6, 6.07) is 1.95. The van der Waals surface area contributed by atoms with Gasteiger partial charge in [0.1, 0.15) is 0 Å². The minimum atomic E-state index is -0.0132. The van der Waals surface area contributed by atoms with Crippen LogP contribution >= 0.6 is 0 Å². The number of nitrogens with zero attached hydrogens (tertiary/aromatic N) is 1. The van der Waals surface area contributed by atoms with Crippen LogP contribution in [0.15, 0.2) is 18.5 Å². The summed E-state index contributed by atoms with van der Waals surface area (Å²) in [6.07, 6.45) is 6.83. The summed E-state index contributed by atoms with van der Waals surface area (Å²) in [6.45, 7) is 3.54. The first-order chi connectivity index (χ1) is 8.27. The van der Waals surface area contributed by atoms with E-state index in [0.717, 1.165) is 30.5 Å². The summed E-state index contributed by atoms with van der Waals surface area (Å²) in [5, 5.41) is 6.21. The number of pyridine rings is 1. The molecule has 1 aromatic rings. The van der Waals surface area contributed by atoms with Gasteiger partial charge in [0.05, 0.1) is 6.04 Å². The molecule has 0 unspecified atom stereocenters. The first-order valence-corrected chi connectivity index (χ1v) is 6.18. The molecular weight excluding hydrogens is 214 g/mol. The van der Waals surface area contributed by atoms with Gasteiger partial charge >= 0.3 is 0 Å². The molecule has 1 saturated heterocycles. The number of hydrogen-bond acceptors (Lipinski definition) is 3. The molecule has 1 amide bonds. The molecule has 1 fully saturated rings. The molecule has 0 saturated carbocycles. The van der Waals surface area contributed by atoms with Gasteiger partial charge in [0.15, 0.2) is 0 Å². The second-order valence-electron chi connectivity index (χ2n) is 4.52. The minimum absolute atomic E-state index is 0.0132. The van der Waals surface area contributed by atoms with Crippen LogP contribution in [0.3, 0.4) is 0 Å². The van der Waals surface area contributed by atoms with Crippen molar-refractivity contribution in [2.45, 2.75) is 38.8 Å². The molecule has 1 atom stereocenters. The minimum Gasteiger partial charge on any atom is -0.351 e. The van der Waals surface area contributed by atoms with E-state index in [2.05, 4.69) is 15.6 Å². The van der Waals surface area contributed by atoms with Crippen LogP contribution < -0.4 is 10.6 Å². The Kier molecular flexibility index (Phi) is 4.09. The molecule has 1 aliphatic heterocycles. The van der Waals surface area contributed by atoms with E-state index in [1.165, 1.54) is 6.42 Å². The lowest BCUT2D eigenvalue weighted by Gasteiger charge is -2.22. The van der Waals surface area contributed by atoms with E-state index in [0.29, 0.717) is 6.54 Å². The average molecular weight is 233 g/mol. The van der Waals surface area contributed by atoms with Crippen LogP contribution in [0, 0.1) is 6.92 Å². The molecule has 1 aromatic heterocycles. The molecule has 0 aliphatic carbocycles. The van der Waals surface area contributed by atoms with Crippen molar-refractivity contribution in [3.8, 4) is 0 Å². The third-order valence-corrected chi connectivity index (χ3v) is 3.23. The maximum atomic E-state index is 11.9. The van der Waals surface area contributed by atoms with E-state index in [1.54, 1.807) is 6.20 Å². The number of amides is 1. The summed E-state index contributed by atoms with van der Waals surface area (Å²) in [4.78, 5) is 16.0. The lowest BCUT2D eigenvalue weighted by Crippen LogP contribution is -2.46. The van der Waals surface area contributed by atoms with Gasteiger partial charge in [-0.2, -0.15) is 0 Å². The molecule has 2 rings (SSSR count). The Morgan fingerprint density at radius 3 is 3.18 bits per heavy atom. The number of piperidine rings is 1. The van der Waals surface area contributed by atoms with Crippen molar-refractivity contribution in [2.24, 2.45) is 0 Å². The Balaban J connectivity index is 1.85. The summed E-state index contributed by atoms with van der Waals surface area (Å²) >= 11 is 0. The quantitative estimate of drug-likeness (QED) is 0.823. The monoisotopic (exact) mass is 233 g/mol. The van der Waals surface area contributed by atoms with E-state index >= 15 is 0 Å². The predicted molar refractivity (Wildman–Crippen MR) is 66.5 cm³/mol. The molecule has 17 heavy (non-hydrogen) atoms. The lowest BCUT2D eigenvalue weighted by molar-refractivity contribution is -0.123. The second kappa shape index (κ2) is 5.77. The summed E-state index contributed by atoms with van der Waals surface area (Å²) in [7, 11) is 0. The number of hydrogen-bond donors (Lipinski definition) is 2. The molecule has 0 spiro atoms. The van der Waals surface area contributed by atoms with Gasteiger partial charge in [-0.05, 0) is 43.5 Å². The number of carbonyl (C=O) groups is 1. The van der Waals surface area contributed by atoms with Gasteiger partial charge in [-0.3, -0.25) is 9.78 Å². The summed E-state index contributed by atoms with van der Waals surface area (Å²) in [5.41, 5.74) is 2.24. The highest BCUT2D eigenvalue weighted by molar-refractivity contribution is 5.81. The highest BCUT2D eigenvalue weighted by Gasteiger charge is 2.19. The Hall–Kier alpha value is -1.42. The first-order valence-electron chi connectivity index (χ1n) is 6.18. The Morgan fingerprint density at radius 1 is 1.59 bits per heavy atom. The third-order valence-electron chi connectivity index (χ3n) is 3.23. The number of rotatable bonds is 3. The predicted octanol–water partition coefficient (Wildman–Crippen LogP) is 1.15. The van der Waals surface area contributed by atoms with Gasteiger partial charge in [-0.15, -0.1) is 0 Å². The standard InChI is InChI=1S/C13H19N3O/c1-10-5-7-14-8-11(10)9-16-13(17)12-4-2-3-6-15-12/h5,7-8,12,15H,2-4,6,9H2,1H3,(H,16,17)/t12-/m0/s1. The fraction of sp³-hybridized carbons (Fsp3) is 0.538. The molecule has 4 heteroatoms. The fourth-order valence-corrected chi connectivity index (χ4v) is 2.06. The second-order valence-corrected chi connectivity index (χ2v) is 4.52. The summed E-state index contributed by atoms with van der Waals surface area (Å²) < 4.78 is 0. The van der Waals surface area contributed by atoms with Gasteiger partial charge in [0.2, 0.25) is 5.91 Å². The Morgan fingerprint density at radius 2 is 2.47 bits per heavy atom. The zero-order chi connectivity index (χ0) is 12.1. The number of aryl methyl sites for hydroxylation is 1. The van der Waals surface area contributed by atoms with Crippen LogP contribution in [-0.2, 0) is 11.3 Å². The van der Waals surface area contributed by atoms with Gasteiger partial charge < -0.3 is 10.6 Å². The van der Waals surface area contributed by atoms with Crippen molar-refractivity contribution in [1.82, 2.24) is 15.6 Å². The SMILES string of the molecule is Cc1ccncc1CNC(=O)[C@@H]1CCCCN1. The topological polar surface area (TPSA) is 54.0 Å². The van der Waals surface area contributed by atoms with Crippen molar-refractivity contribution < 1.29 is 4.79 Å². The van der Waals surface area contributed by atoms with Crippen LogP contribution in [0.1, 0.15) is 30.4 Å². The lowest BCUT2D eigenvalue weighted by atomic mass is 10.0. The van der Waals surface area contributed by atoms with Crippen LogP contribution in [0.25, 0.3) is 0 Å². The van der Waals surface area contributed by atoms with Crippen LogP contribution in [0.5, 0.6) is 0 Å². The molecule has 2 heterocycles. The third kappa shape index (κ3) is 3.27. The van der Waals surface area contributed by atoms with E-state index < -0.39 is 0 Å². The molecular formula is C13H19N3O. The van der Waals surface area contributed by atoms with Gasteiger partial charge in [0.25, 0.3) is 0 Å². The molecule has 4 nitrogen and oxygen atoms in total. The summed E-state index contributed by atoms with van der Waals surface area (Å²) in [5.74, 6) is 0.105. The smallest absolute Gasteiger partial charge is 0.237 e. The Bertz CT molecular complexity index is 386. The van der Waals surface area contributed by atoms with Crippen molar-refractivity contribution in [3.63, 3.8) is 0 Å². The highest BCUT2D eigenvalue weighted by Crippen LogP contribution is 2.08. The van der Waals surface area contributed by atoms with Crippen LogP contribution in [0.2, 0.25) is 0 Å².